The Morgan fingerprint density at radius 1 is 1.13 bits per heavy atom. The van der Waals surface area contributed by atoms with Crippen LogP contribution in [-0.2, 0) is 19.4 Å². The van der Waals surface area contributed by atoms with Crippen LogP contribution in [0.25, 0.3) is 0 Å². The SMILES string of the molecule is CC(OC1CCCCCC1)C(=O)Nc1ccc(S(C)(=O)=O)cc1. The molecule has 6 heteroatoms. The molecular weight excluding hydrogens is 314 g/mol. The Balaban J connectivity index is 1.90. The van der Waals surface area contributed by atoms with Gasteiger partial charge in [0, 0.05) is 11.9 Å². The maximum absolute atomic E-state index is 12.2. The van der Waals surface area contributed by atoms with Crippen LogP contribution in [0.5, 0.6) is 0 Å². The molecule has 1 aromatic rings. The third kappa shape index (κ3) is 5.62. The summed E-state index contributed by atoms with van der Waals surface area (Å²) >= 11 is 0. The average molecular weight is 339 g/mol. The molecular formula is C17H25NO4S. The van der Waals surface area contributed by atoms with E-state index in [0.29, 0.717) is 5.69 Å². The number of hydrogen-bond donors (Lipinski definition) is 1. The third-order valence-corrected chi connectivity index (χ3v) is 5.25. The quantitative estimate of drug-likeness (QED) is 0.836. The molecule has 1 aliphatic rings. The van der Waals surface area contributed by atoms with E-state index in [2.05, 4.69) is 5.32 Å². The highest BCUT2D eigenvalue weighted by molar-refractivity contribution is 7.90. The molecule has 1 aliphatic carbocycles. The van der Waals surface area contributed by atoms with E-state index in [-0.39, 0.29) is 16.9 Å². The molecule has 1 atom stereocenters. The van der Waals surface area contributed by atoms with Gasteiger partial charge in [0.1, 0.15) is 6.10 Å². The van der Waals surface area contributed by atoms with Crippen LogP contribution in [0.3, 0.4) is 0 Å². The van der Waals surface area contributed by atoms with E-state index in [1.54, 1.807) is 19.1 Å². The zero-order valence-electron chi connectivity index (χ0n) is 13.7. The molecule has 2 rings (SSSR count). The zero-order chi connectivity index (χ0) is 16.9. The van der Waals surface area contributed by atoms with Crippen LogP contribution in [0.2, 0.25) is 0 Å². The first-order chi connectivity index (χ1) is 10.9. The fourth-order valence-electron chi connectivity index (χ4n) is 2.76. The lowest BCUT2D eigenvalue weighted by Gasteiger charge is -2.20. The summed E-state index contributed by atoms with van der Waals surface area (Å²) in [7, 11) is -3.22. The van der Waals surface area contributed by atoms with E-state index >= 15 is 0 Å². The molecule has 1 aromatic carbocycles. The summed E-state index contributed by atoms with van der Waals surface area (Å²) in [6, 6.07) is 6.16. The third-order valence-electron chi connectivity index (χ3n) is 4.12. The second-order valence-corrected chi connectivity index (χ2v) is 8.19. The van der Waals surface area contributed by atoms with Crippen molar-refractivity contribution in [3.05, 3.63) is 24.3 Å². The van der Waals surface area contributed by atoms with Crippen LogP contribution >= 0.6 is 0 Å². The lowest BCUT2D eigenvalue weighted by molar-refractivity contribution is -0.130. The predicted octanol–water partition coefficient (Wildman–Crippen LogP) is 3.16. The summed E-state index contributed by atoms with van der Waals surface area (Å²) in [6.45, 7) is 1.76. The normalized spacial score (nSPS) is 18.2. The standard InChI is InChI=1S/C17H25NO4S/c1-13(22-15-7-5-3-4-6-8-15)17(19)18-14-9-11-16(12-10-14)23(2,20)21/h9-13,15H,3-8H2,1-2H3,(H,18,19). The molecule has 0 saturated heterocycles. The Kier molecular flexibility index (Phi) is 6.18. The monoisotopic (exact) mass is 339 g/mol. The first-order valence-electron chi connectivity index (χ1n) is 8.13. The number of nitrogens with one attached hydrogen (secondary N) is 1. The Morgan fingerprint density at radius 3 is 2.22 bits per heavy atom. The van der Waals surface area contributed by atoms with Crippen molar-refractivity contribution in [1.29, 1.82) is 0 Å². The number of rotatable bonds is 5. The first-order valence-corrected chi connectivity index (χ1v) is 10.0. The van der Waals surface area contributed by atoms with Crippen molar-refractivity contribution in [3.63, 3.8) is 0 Å². The molecule has 128 valence electrons. The first kappa shape index (κ1) is 17.9. The summed E-state index contributed by atoms with van der Waals surface area (Å²) in [5.74, 6) is -0.207. The van der Waals surface area contributed by atoms with Gasteiger partial charge in [0.05, 0.1) is 11.0 Å². The van der Waals surface area contributed by atoms with Gasteiger partial charge in [-0.25, -0.2) is 8.42 Å². The van der Waals surface area contributed by atoms with E-state index in [9.17, 15) is 13.2 Å². The molecule has 0 heterocycles. The summed E-state index contributed by atoms with van der Waals surface area (Å²) in [4.78, 5) is 12.4. The maximum Gasteiger partial charge on any atom is 0.253 e. The molecule has 1 unspecified atom stereocenters. The van der Waals surface area contributed by atoms with Crippen molar-refractivity contribution in [2.24, 2.45) is 0 Å². The highest BCUT2D eigenvalue weighted by Gasteiger charge is 2.20. The van der Waals surface area contributed by atoms with Crippen molar-refractivity contribution in [2.45, 2.75) is 62.6 Å². The topological polar surface area (TPSA) is 72.5 Å². The number of benzene rings is 1. The minimum Gasteiger partial charge on any atom is -0.365 e. The molecule has 1 N–H and O–H groups in total. The van der Waals surface area contributed by atoms with Gasteiger partial charge in [0.2, 0.25) is 0 Å². The fourth-order valence-corrected chi connectivity index (χ4v) is 3.39. The van der Waals surface area contributed by atoms with Gasteiger partial charge in [-0.15, -0.1) is 0 Å². The smallest absolute Gasteiger partial charge is 0.253 e. The van der Waals surface area contributed by atoms with Crippen molar-refractivity contribution < 1.29 is 17.9 Å². The zero-order valence-corrected chi connectivity index (χ0v) is 14.6. The summed E-state index contributed by atoms with van der Waals surface area (Å²) in [5.41, 5.74) is 0.568. The van der Waals surface area contributed by atoms with Gasteiger partial charge in [0.15, 0.2) is 9.84 Å². The number of ether oxygens (including phenoxy) is 1. The molecule has 1 fully saturated rings. The summed E-state index contributed by atoms with van der Waals surface area (Å²) in [5, 5.41) is 2.77. The number of sulfone groups is 1. The summed E-state index contributed by atoms with van der Waals surface area (Å²) < 4.78 is 28.7. The largest absolute Gasteiger partial charge is 0.365 e. The van der Waals surface area contributed by atoms with Gasteiger partial charge in [0.25, 0.3) is 5.91 Å². The van der Waals surface area contributed by atoms with E-state index in [0.717, 1.165) is 31.9 Å². The molecule has 1 amide bonds. The van der Waals surface area contributed by atoms with Gasteiger partial charge in [-0.3, -0.25) is 4.79 Å². The van der Waals surface area contributed by atoms with Crippen molar-refractivity contribution in [1.82, 2.24) is 0 Å². The van der Waals surface area contributed by atoms with Crippen LogP contribution in [-0.4, -0.2) is 32.8 Å². The Morgan fingerprint density at radius 2 is 1.70 bits per heavy atom. The highest BCUT2D eigenvalue weighted by atomic mass is 32.2. The van der Waals surface area contributed by atoms with Crippen LogP contribution in [0.4, 0.5) is 5.69 Å². The van der Waals surface area contributed by atoms with E-state index in [1.807, 2.05) is 0 Å². The molecule has 0 aromatic heterocycles. The lowest BCUT2D eigenvalue weighted by Crippen LogP contribution is -2.31. The molecule has 1 saturated carbocycles. The lowest BCUT2D eigenvalue weighted by atomic mass is 10.1. The van der Waals surface area contributed by atoms with Crippen LogP contribution in [0, 0.1) is 0 Å². The van der Waals surface area contributed by atoms with Crippen molar-refractivity contribution >= 4 is 21.4 Å². The Hall–Kier alpha value is -1.40. The number of amides is 1. The van der Waals surface area contributed by atoms with Gasteiger partial charge in [-0.1, -0.05) is 25.7 Å². The van der Waals surface area contributed by atoms with Crippen LogP contribution < -0.4 is 5.32 Å². The van der Waals surface area contributed by atoms with Gasteiger partial charge in [-0.2, -0.15) is 0 Å². The second kappa shape index (κ2) is 7.93. The van der Waals surface area contributed by atoms with Gasteiger partial charge < -0.3 is 10.1 Å². The van der Waals surface area contributed by atoms with Gasteiger partial charge >= 0.3 is 0 Å². The van der Waals surface area contributed by atoms with Crippen LogP contribution in [0.15, 0.2) is 29.2 Å². The second-order valence-electron chi connectivity index (χ2n) is 6.18. The molecule has 5 nitrogen and oxygen atoms in total. The minimum atomic E-state index is -3.22. The van der Waals surface area contributed by atoms with E-state index < -0.39 is 15.9 Å². The number of anilines is 1. The highest BCUT2D eigenvalue weighted by Crippen LogP contribution is 2.21. The van der Waals surface area contributed by atoms with Gasteiger partial charge in [-0.05, 0) is 44.0 Å². The predicted molar refractivity (Wildman–Crippen MR) is 90.2 cm³/mol. The average Bonchev–Trinajstić information content (AvgIpc) is 2.75. The minimum absolute atomic E-state index is 0.158. The molecule has 0 aliphatic heterocycles. The van der Waals surface area contributed by atoms with Crippen molar-refractivity contribution in [3.8, 4) is 0 Å². The van der Waals surface area contributed by atoms with Crippen molar-refractivity contribution in [2.75, 3.05) is 11.6 Å². The number of carbonyl (C=O) groups excluding carboxylic acids is 1. The Labute approximate surface area is 138 Å². The Bertz CT molecular complexity index is 616. The number of hydrogen-bond acceptors (Lipinski definition) is 4. The van der Waals surface area contributed by atoms with Crippen LogP contribution in [0.1, 0.15) is 45.4 Å². The number of carbonyl (C=O) groups is 1. The maximum atomic E-state index is 12.2. The summed E-state index contributed by atoms with van der Waals surface area (Å²) in [6.07, 6.45) is 7.63. The molecule has 0 radical (unpaired) electrons. The van der Waals surface area contributed by atoms with E-state index in [4.69, 9.17) is 4.74 Å². The van der Waals surface area contributed by atoms with E-state index in [1.165, 1.54) is 25.0 Å². The molecule has 0 bridgehead atoms. The molecule has 0 spiro atoms. The fraction of sp³-hybridized carbons (Fsp3) is 0.588. The molecule has 23 heavy (non-hydrogen) atoms.